The monoisotopic (exact) mass is 469 g/mol. The van der Waals surface area contributed by atoms with E-state index in [0.29, 0.717) is 26.2 Å². The lowest BCUT2D eigenvalue weighted by molar-refractivity contribution is 0.0731. The molecule has 31 heavy (non-hydrogen) atoms. The number of carbonyl (C=O) groups excluding carboxylic acids is 1. The molecule has 0 heterocycles. The first-order valence-corrected chi connectivity index (χ1v) is 11.9. The highest BCUT2D eigenvalue weighted by Crippen LogP contribution is 2.26. The maximum atomic E-state index is 13.3. The largest absolute Gasteiger partial charge is 0.333 e. The summed E-state index contributed by atoms with van der Waals surface area (Å²) in [4.78, 5) is 16.8. The van der Waals surface area contributed by atoms with Crippen LogP contribution in [0, 0.1) is 5.82 Å². The number of hydrogen-bond donors (Lipinski definition) is 0. The van der Waals surface area contributed by atoms with Crippen LogP contribution < -0.4 is 0 Å². The van der Waals surface area contributed by atoms with Crippen molar-refractivity contribution in [1.82, 2.24) is 14.1 Å². The fourth-order valence-electron chi connectivity index (χ4n) is 3.10. The minimum Gasteiger partial charge on any atom is -0.333 e. The van der Waals surface area contributed by atoms with Crippen LogP contribution in [0.2, 0.25) is 5.02 Å². The van der Waals surface area contributed by atoms with Gasteiger partial charge in [-0.3, -0.25) is 4.79 Å². The summed E-state index contributed by atoms with van der Waals surface area (Å²) in [6, 6.07) is 10.3. The summed E-state index contributed by atoms with van der Waals surface area (Å²) in [7, 11) is -0.0214. The average molecular weight is 470 g/mol. The third-order valence-electron chi connectivity index (χ3n) is 4.89. The number of likely N-dealkylation sites (N-methyl/N-ethyl adjacent to an activating group) is 1. The van der Waals surface area contributed by atoms with Crippen molar-refractivity contribution in [2.24, 2.45) is 0 Å². The van der Waals surface area contributed by atoms with Crippen molar-refractivity contribution in [3.63, 3.8) is 0 Å². The highest BCUT2D eigenvalue weighted by Gasteiger charge is 2.26. The zero-order chi connectivity index (χ0) is 23.2. The Labute approximate surface area is 189 Å². The van der Waals surface area contributed by atoms with Gasteiger partial charge in [0.15, 0.2) is 0 Å². The van der Waals surface area contributed by atoms with Crippen LogP contribution in [0.5, 0.6) is 0 Å². The van der Waals surface area contributed by atoms with Gasteiger partial charge in [-0.2, -0.15) is 4.31 Å². The molecule has 0 aliphatic rings. The van der Waals surface area contributed by atoms with Gasteiger partial charge in [0.2, 0.25) is 10.0 Å². The number of nitrogens with zero attached hydrogens (tertiary/aromatic N) is 3. The van der Waals surface area contributed by atoms with Crippen LogP contribution in [0.25, 0.3) is 0 Å². The van der Waals surface area contributed by atoms with Gasteiger partial charge in [0.05, 0.1) is 5.02 Å². The topological polar surface area (TPSA) is 60.9 Å². The molecule has 9 heteroatoms. The van der Waals surface area contributed by atoms with Gasteiger partial charge >= 0.3 is 0 Å². The van der Waals surface area contributed by atoms with Crippen LogP contribution in [0.15, 0.2) is 47.4 Å². The van der Waals surface area contributed by atoms with Crippen molar-refractivity contribution in [2.45, 2.75) is 25.3 Å². The molecule has 2 aromatic carbocycles. The molecule has 0 aromatic heterocycles. The Morgan fingerprint density at radius 2 is 1.61 bits per heavy atom. The van der Waals surface area contributed by atoms with Crippen molar-refractivity contribution in [2.75, 3.05) is 40.3 Å². The summed E-state index contributed by atoms with van der Waals surface area (Å²) in [5.41, 5.74) is 1.01. The van der Waals surface area contributed by atoms with Crippen molar-refractivity contribution in [1.29, 1.82) is 0 Å². The molecule has 0 unspecified atom stereocenters. The Bertz CT molecular complexity index is 994. The summed E-state index contributed by atoms with van der Waals surface area (Å²) in [5, 5.41) is 0.0711. The zero-order valence-electron chi connectivity index (χ0n) is 18.3. The SMILES string of the molecule is CCN(CC)S(=O)(=O)c1cc(C(=O)N(CCN(C)C)Cc2ccc(F)cc2)ccc1Cl. The number of sulfonamides is 1. The number of hydrogen-bond acceptors (Lipinski definition) is 4. The number of halogens is 2. The third-order valence-corrected chi connectivity index (χ3v) is 7.42. The van der Waals surface area contributed by atoms with Crippen LogP contribution in [0.4, 0.5) is 4.39 Å². The number of amides is 1. The summed E-state index contributed by atoms with van der Waals surface area (Å²) in [5.74, 6) is -0.669. The quantitative estimate of drug-likeness (QED) is 0.532. The normalized spacial score (nSPS) is 11.9. The van der Waals surface area contributed by atoms with E-state index < -0.39 is 10.0 Å². The molecule has 0 fully saturated rings. The Kier molecular flexibility index (Phi) is 9.00. The van der Waals surface area contributed by atoms with Crippen LogP contribution in [0.1, 0.15) is 29.8 Å². The molecular formula is C22H29ClFN3O3S. The van der Waals surface area contributed by atoms with Gasteiger partial charge in [0.25, 0.3) is 5.91 Å². The van der Waals surface area contributed by atoms with Crippen molar-refractivity contribution >= 4 is 27.5 Å². The standard InChI is InChI=1S/C22H29ClFN3O3S/c1-5-27(6-2)31(29,30)21-15-18(9-12-20(21)23)22(28)26(14-13-25(3)4)16-17-7-10-19(24)11-8-17/h7-12,15H,5-6,13-14,16H2,1-4H3. The predicted molar refractivity (Wildman–Crippen MR) is 121 cm³/mol. The molecule has 0 radical (unpaired) electrons. The van der Waals surface area contributed by atoms with Crippen LogP contribution in [-0.2, 0) is 16.6 Å². The van der Waals surface area contributed by atoms with Gasteiger partial charge in [-0.05, 0) is 50.0 Å². The maximum absolute atomic E-state index is 13.3. The molecule has 0 aliphatic carbocycles. The minimum atomic E-state index is -3.82. The van der Waals surface area contributed by atoms with Gasteiger partial charge in [-0.25, -0.2) is 12.8 Å². The van der Waals surface area contributed by atoms with E-state index in [1.54, 1.807) is 30.9 Å². The lowest BCUT2D eigenvalue weighted by Gasteiger charge is -2.25. The lowest BCUT2D eigenvalue weighted by Crippen LogP contribution is -2.36. The van der Waals surface area contributed by atoms with Gasteiger partial charge in [-0.1, -0.05) is 37.6 Å². The molecule has 0 saturated carbocycles. The first-order chi connectivity index (χ1) is 14.6. The predicted octanol–water partition coefficient (Wildman–Crippen LogP) is 3.71. The number of benzene rings is 2. The fraction of sp³-hybridized carbons (Fsp3) is 0.409. The minimum absolute atomic E-state index is 0.0711. The Morgan fingerprint density at radius 3 is 2.16 bits per heavy atom. The molecular weight excluding hydrogens is 441 g/mol. The summed E-state index contributed by atoms with van der Waals surface area (Å²) < 4.78 is 40.5. The lowest BCUT2D eigenvalue weighted by atomic mass is 10.1. The molecule has 0 bridgehead atoms. The average Bonchev–Trinajstić information content (AvgIpc) is 2.72. The van der Waals surface area contributed by atoms with Gasteiger partial charge in [0.1, 0.15) is 10.7 Å². The molecule has 6 nitrogen and oxygen atoms in total. The first-order valence-electron chi connectivity index (χ1n) is 10.1. The maximum Gasteiger partial charge on any atom is 0.254 e. The molecule has 0 spiro atoms. The highest BCUT2D eigenvalue weighted by atomic mass is 35.5. The molecule has 0 saturated heterocycles. The molecule has 2 aromatic rings. The van der Waals surface area contributed by atoms with E-state index in [0.717, 1.165) is 5.56 Å². The second-order valence-electron chi connectivity index (χ2n) is 7.39. The van der Waals surface area contributed by atoms with Gasteiger partial charge in [0, 0.05) is 38.3 Å². The molecule has 0 N–H and O–H groups in total. The van der Waals surface area contributed by atoms with Crippen LogP contribution in [-0.4, -0.2) is 68.7 Å². The van der Waals surface area contributed by atoms with E-state index in [4.69, 9.17) is 11.6 Å². The Hall–Kier alpha value is -2.00. The van der Waals surface area contributed by atoms with E-state index >= 15 is 0 Å². The third kappa shape index (κ3) is 6.49. The number of carbonyl (C=O) groups is 1. The van der Waals surface area contributed by atoms with Crippen LogP contribution in [0.3, 0.4) is 0 Å². The van der Waals surface area contributed by atoms with E-state index in [1.165, 1.54) is 34.6 Å². The second-order valence-corrected chi connectivity index (χ2v) is 9.70. The molecule has 170 valence electrons. The number of rotatable bonds is 10. The van der Waals surface area contributed by atoms with Gasteiger partial charge < -0.3 is 9.80 Å². The highest BCUT2D eigenvalue weighted by molar-refractivity contribution is 7.89. The van der Waals surface area contributed by atoms with E-state index in [9.17, 15) is 17.6 Å². The fourth-order valence-corrected chi connectivity index (χ4v) is 5.06. The van der Waals surface area contributed by atoms with E-state index in [-0.39, 0.29) is 33.8 Å². The second kappa shape index (κ2) is 11.0. The zero-order valence-corrected chi connectivity index (χ0v) is 19.9. The van der Waals surface area contributed by atoms with Crippen molar-refractivity contribution in [3.05, 3.63) is 64.4 Å². The molecule has 0 atom stereocenters. The summed E-state index contributed by atoms with van der Waals surface area (Å²) in [6.07, 6.45) is 0. The Balaban J connectivity index is 2.40. The first kappa shape index (κ1) is 25.3. The summed E-state index contributed by atoms with van der Waals surface area (Å²) >= 11 is 6.20. The van der Waals surface area contributed by atoms with Crippen LogP contribution >= 0.6 is 11.6 Å². The summed E-state index contributed by atoms with van der Waals surface area (Å²) in [6.45, 7) is 5.40. The van der Waals surface area contributed by atoms with Crippen molar-refractivity contribution < 1.29 is 17.6 Å². The molecule has 1 amide bonds. The smallest absolute Gasteiger partial charge is 0.254 e. The van der Waals surface area contributed by atoms with E-state index in [2.05, 4.69) is 0 Å². The molecule has 2 rings (SSSR count). The van der Waals surface area contributed by atoms with E-state index in [1.807, 2.05) is 19.0 Å². The Morgan fingerprint density at radius 1 is 1.00 bits per heavy atom. The van der Waals surface area contributed by atoms with Crippen molar-refractivity contribution in [3.8, 4) is 0 Å². The molecule has 0 aliphatic heterocycles. The van der Waals surface area contributed by atoms with Gasteiger partial charge in [-0.15, -0.1) is 0 Å².